The van der Waals surface area contributed by atoms with E-state index in [0.717, 1.165) is 28.1 Å². The van der Waals surface area contributed by atoms with Gasteiger partial charge < -0.3 is 5.32 Å². The molecule has 2 unspecified atom stereocenters. The average Bonchev–Trinajstić information content (AvgIpc) is 3.17. The molecule has 0 saturated carbocycles. The summed E-state index contributed by atoms with van der Waals surface area (Å²) >= 11 is 7.98. The Kier molecular flexibility index (Phi) is 8.29. The first-order valence-corrected chi connectivity index (χ1v) is 14.5. The molecule has 2 heterocycles. The number of thioether (sulfide) groups is 1. The molecule has 2 aromatic carbocycles. The van der Waals surface area contributed by atoms with Gasteiger partial charge in [-0.25, -0.2) is 4.68 Å². The SMILES string of the molecule is Cc1ccccc1-n1nc(C(C)(C)C)c2c1N(CC(=O)NC(C)C(C)C)C(=O)CSC2c1cccc(Cl)c1. The van der Waals surface area contributed by atoms with Gasteiger partial charge >= 0.3 is 0 Å². The molecule has 3 aromatic rings. The fourth-order valence-electron chi connectivity index (χ4n) is 4.58. The molecule has 6 nitrogen and oxygen atoms in total. The van der Waals surface area contributed by atoms with Crippen LogP contribution in [0, 0.1) is 12.8 Å². The molecule has 0 aliphatic carbocycles. The van der Waals surface area contributed by atoms with Crippen molar-refractivity contribution in [3.8, 4) is 5.69 Å². The van der Waals surface area contributed by atoms with Crippen molar-refractivity contribution in [1.82, 2.24) is 15.1 Å². The first-order chi connectivity index (χ1) is 17.9. The normalized spacial score (nSPS) is 16.8. The lowest BCUT2D eigenvalue weighted by atomic mass is 9.87. The summed E-state index contributed by atoms with van der Waals surface area (Å²) in [5.41, 5.74) is 4.44. The van der Waals surface area contributed by atoms with Gasteiger partial charge in [-0.05, 0) is 49.1 Å². The molecule has 0 bridgehead atoms. The highest BCUT2D eigenvalue weighted by Gasteiger charge is 2.40. The van der Waals surface area contributed by atoms with Crippen LogP contribution in [0.4, 0.5) is 5.82 Å². The molecule has 0 fully saturated rings. The van der Waals surface area contributed by atoms with Crippen LogP contribution in [0.3, 0.4) is 0 Å². The van der Waals surface area contributed by atoms with E-state index in [4.69, 9.17) is 16.7 Å². The predicted octanol–water partition coefficient (Wildman–Crippen LogP) is 6.46. The molecule has 2 atom stereocenters. The Balaban J connectivity index is 1.98. The van der Waals surface area contributed by atoms with Gasteiger partial charge in [-0.15, -0.1) is 11.8 Å². The van der Waals surface area contributed by atoms with Crippen LogP contribution in [0.15, 0.2) is 48.5 Å². The molecule has 1 aromatic heterocycles. The molecule has 0 radical (unpaired) electrons. The molecule has 1 aliphatic heterocycles. The maximum Gasteiger partial charge on any atom is 0.240 e. The van der Waals surface area contributed by atoms with Crippen molar-refractivity contribution in [3.63, 3.8) is 0 Å². The number of benzene rings is 2. The Hall–Kier alpha value is -2.77. The van der Waals surface area contributed by atoms with E-state index in [2.05, 4.69) is 39.9 Å². The second-order valence-corrected chi connectivity index (χ2v) is 12.9. The highest BCUT2D eigenvalue weighted by Crippen LogP contribution is 2.48. The molecule has 1 aliphatic rings. The van der Waals surface area contributed by atoms with E-state index < -0.39 is 0 Å². The number of nitrogens with zero attached hydrogens (tertiary/aromatic N) is 3. The fraction of sp³-hybridized carbons (Fsp3) is 0.433. The summed E-state index contributed by atoms with van der Waals surface area (Å²) in [6.45, 7) is 14.5. The largest absolute Gasteiger partial charge is 0.352 e. The zero-order valence-electron chi connectivity index (χ0n) is 23.2. The number of aromatic nitrogens is 2. The number of nitrogens with one attached hydrogen (secondary N) is 1. The number of anilines is 1. The highest BCUT2D eigenvalue weighted by atomic mass is 35.5. The van der Waals surface area contributed by atoms with Crippen molar-refractivity contribution in [2.75, 3.05) is 17.2 Å². The summed E-state index contributed by atoms with van der Waals surface area (Å²) in [5.74, 6) is 0.851. The maximum absolute atomic E-state index is 13.8. The number of aryl methyl sites for hydroxylation is 1. The van der Waals surface area contributed by atoms with Crippen LogP contribution in [-0.4, -0.2) is 39.9 Å². The molecule has 4 rings (SSSR count). The molecular weight excluding hydrogens is 516 g/mol. The summed E-state index contributed by atoms with van der Waals surface area (Å²) in [4.78, 5) is 28.6. The van der Waals surface area contributed by atoms with Crippen LogP contribution in [0.1, 0.15) is 69.2 Å². The number of rotatable bonds is 6. The van der Waals surface area contributed by atoms with E-state index >= 15 is 0 Å². The number of para-hydroxylation sites is 1. The van der Waals surface area contributed by atoms with E-state index in [1.54, 1.807) is 16.7 Å². The number of carbonyl (C=O) groups excluding carboxylic acids is 2. The predicted molar refractivity (Wildman–Crippen MR) is 158 cm³/mol. The van der Waals surface area contributed by atoms with Crippen LogP contribution in [0.25, 0.3) is 5.69 Å². The number of halogens is 1. The maximum atomic E-state index is 13.8. The first-order valence-electron chi connectivity index (χ1n) is 13.0. The van der Waals surface area contributed by atoms with Crippen LogP contribution in [0.5, 0.6) is 0 Å². The van der Waals surface area contributed by atoms with Crippen LogP contribution in [-0.2, 0) is 15.0 Å². The Morgan fingerprint density at radius 2 is 1.87 bits per heavy atom. The molecular formula is C30H37ClN4O2S. The third-order valence-corrected chi connectivity index (χ3v) is 8.47. The molecule has 38 heavy (non-hydrogen) atoms. The number of amides is 2. The smallest absolute Gasteiger partial charge is 0.240 e. The summed E-state index contributed by atoms with van der Waals surface area (Å²) in [7, 11) is 0. The number of carbonyl (C=O) groups is 2. The summed E-state index contributed by atoms with van der Waals surface area (Å²) in [6.07, 6.45) is 0. The lowest BCUT2D eigenvalue weighted by molar-refractivity contribution is -0.123. The lowest BCUT2D eigenvalue weighted by Crippen LogP contribution is -2.46. The van der Waals surface area contributed by atoms with E-state index in [-0.39, 0.29) is 46.7 Å². The van der Waals surface area contributed by atoms with Crippen molar-refractivity contribution in [1.29, 1.82) is 0 Å². The minimum absolute atomic E-state index is 0.0101. The van der Waals surface area contributed by atoms with Crippen LogP contribution >= 0.6 is 23.4 Å². The summed E-state index contributed by atoms with van der Waals surface area (Å²) in [5, 5.41) is 8.69. The molecule has 2 amide bonds. The summed E-state index contributed by atoms with van der Waals surface area (Å²) < 4.78 is 1.87. The Labute approximate surface area is 235 Å². The number of hydrogen-bond donors (Lipinski definition) is 1. The Morgan fingerprint density at radius 1 is 1.16 bits per heavy atom. The van der Waals surface area contributed by atoms with Gasteiger partial charge in [0.2, 0.25) is 11.8 Å². The van der Waals surface area contributed by atoms with Gasteiger partial charge in [-0.1, -0.05) is 76.6 Å². The third kappa shape index (κ3) is 5.79. The van der Waals surface area contributed by atoms with E-state index in [0.29, 0.717) is 10.8 Å². The standard InChI is InChI=1S/C30H37ClN4O2S/c1-18(2)20(4)32-24(36)16-34-25(37)17-38-27(21-12-10-13-22(31)15-21)26-28(30(5,6)7)33-35(29(26)34)23-14-9-8-11-19(23)3/h8-15,18,20,27H,16-17H2,1-7H3,(H,32,36). The van der Waals surface area contributed by atoms with Crippen molar-refractivity contribution in [2.45, 2.75) is 65.2 Å². The highest BCUT2D eigenvalue weighted by molar-refractivity contribution is 8.00. The van der Waals surface area contributed by atoms with Crippen LogP contribution in [0.2, 0.25) is 5.02 Å². The minimum atomic E-state index is -0.317. The second-order valence-electron chi connectivity index (χ2n) is 11.4. The van der Waals surface area contributed by atoms with Gasteiger partial charge in [-0.3, -0.25) is 14.5 Å². The first kappa shape index (κ1) is 28.2. The fourth-order valence-corrected chi connectivity index (χ4v) is 5.97. The van der Waals surface area contributed by atoms with E-state index in [1.807, 2.05) is 67.1 Å². The van der Waals surface area contributed by atoms with E-state index in [1.165, 1.54) is 0 Å². The molecule has 0 saturated heterocycles. The molecule has 0 spiro atoms. The quantitative estimate of drug-likeness (QED) is 0.381. The van der Waals surface area contributed by atoms with Gasteiger partial charge in [0.15, 0.2) is 0 Å². The average molecular weight is 553 g/mol. The van der Waals surface area contributed by atoms with Gasteiger partial charge in [0.05, 0.1) is 22.4 Å². The molecule has 1 N–H and O–H groups in total. The zero-order chi connectivity index (χ0) is 27.8. The minimum Gasteiger partial charge on any atom is -0.352 e. The van der Waals surface area contributed by atoms with E-state index in [9.17, 15) is 9.59 Å². The number of hydrogen-bond acceptors (Lipinski definition) is 4. The lowest BCUT2D eigenvalue weighted by Gasteiger charge is -2.26. The topological polar surface area (TPSA) is 67.2 Å². The molecule has 8 heteroatoms. The van der Waals surface area contributed by atoms with Crippen molar-refractivity contribution >= 4 is 41.0 Å². The second kappa shape index (κ2) is 11.1. The summed E-state index contributed by atoms with van der Waals surface area (Å²) in [6, 6.07) is 15.8. The van der Waals surface area contributed by atoms with Crippen molar-refractivity contribution < 1.29 is 9.59 Å². The third-order valence-electron chi connectivity index (χ3n) is 6.98. The zero-order valence-corrected chi connectivity index (χ0v) is 24.8. The molecule has 202 valence electrons. The van der Waals surface area contributed by atoms with Gasteiger partial charge in [0.25, 0.3) is 0 Å². The Morgan fingerprint density at radius 3 is 2.50 bits per heavy atom. The Bertz CT molecular complexity index is 1340. The monoisotopic (exact) mass is 552 g/mol. The van der Waals surface area contributed by atoms with Crippen molar-refractivity contribution in [2.24, 2.45) is 5.92 Å². The van der Waals surface area contributed by atoms with Crippen LogP contribution < -0.4 is 10.2 Å². The van der Waals surface area contributed by atoms with Gasteiger partial charge in [0.1, 0.15) is 12.4 Å². The van der Waals surface area contributed by atoms with Crippen molar-refractivity contribution in [3.05, 3.63) is 75.9 Å². The number of fused-ring (bicyclic) bond motifs is 1. The van der Waals surface area contributed by atoms with Gasteiger partial charge in [-0.2, -0.15) is 5.10 Å². The van der Waals surface area contributed by atoms with Gasteiger partial charge in [0, 0.05) is 22.0 Å².